The van der Waals surface area contributed by atoms with Crippen LogP contribution in [0.2, 0.25) is 13.1 Å². The molecule has 2 aromatic heterocycles. The van der Waals surface area contributed by atoms with E-state index in [2.05, 4.69) is 15.0 Å². The number of ether oxygens (including phenoxy) is 1. The molecule has 0 aromatic carbocycles. The molecule has 10 heteroatoms. The fraction of sp³-hybridized carbons (Fsp3) is 0.583. The van der Waals surface area contributed by atoms with E-state index in [-0.39, 0.29) is 5.82 Å². The third-order valence-electron chi connectivity index (χ3n) is 4.05. The summed E-state index contributed by atoms with van der Waals surface area (Å²) in [7, 11) is -1.34. The fourth-order valence-corrected chi connectivity index (χ4v) is 4.69. The molecular weight excluding hydrogens is 306 g/mol. The summed E-state index contributed by atoms with van der Waals surface area (Å²) in [5.74, 6) is 0.228. The molecular formula is C12H18N5O4Si. The Kier molecular flexibility index (Phi) is 3.65. The average Bonchev–Trinajstić information content (AvgIpc) is 3.02. The highest BCUT2D eigenvalue weighted by atomic mass is 28.3. The molecule has 2 aromatic rings. The normalized spacial score (nSPS) is 32.2. The number of fused-ring (bicyclic) bond motifs is 1. The van der Waals surface area contributed by atoms with Crippen LogP contribution in [0.3, 0.4) is 0 Å². The molecule has 4 atom stereocenters. The van der Waals surface area contributed by atoms with Crippen molar-refractivity contribution in [3.8, 4) is 0 Å². The number of hydrogen-bond acceptors (Lipinski definition) is 8. The number of anilines is 1. The maximum Gasteiger partial charge on any atom is 0.167 e. The van der Waals surface area contributed by atoms with Crippen LogP contribution in [0.15, 0.2) is 12.7 Å². The van der Waals surface area contributed by atoms with E-state index >= 15 is 0 Å². The third-order valence-corrected chi connectivity index (χ3v) is 6.14. The second-order valence-electron chi connectivity index (χ2n) is 5.52. The number of hydrogen-bond donors (Lipinski definition) is 4. The Morgan fingerprint density at radius 1 is 1.36 bits per heavy atom. The van der Waals surface area contributed by atoms with Gasteiger partial charge in [-0.25, -0.2) is 15.0 Å². The lowest BCUT2D eigenvalue weighted by Gasteiger charge is -2.36. The molecule has 3 rings (SSSR count). The number of aliphatic hydroxyl groups excluding tert-OH is 3. The van der Waals surface area contributed by atoms with Crippen molar-refractivity contribution in [2.24, 2.45) is 0 Å². The molecule has 119 valence electrons. The highest BCUT2D eigenvalue weighted by Crippen LogP contribution is 2.39. The lowest BCUT2D eigenvalue weighted by molar-refractivity contribution is -0.0894. The highest BCUT2D eigenvalue weighted by Gasteiger charge is 2.57. The first kappa shape index (κ1) is 15.3. The summed E-state index contributed by atoms with van der Waals surface area (Å²) in [5, 5.41) is 28.9. The Balaban J connectivity index is 2.22. The van der Waals surface area contributed by atoms with Gasteiger partial charge in [-0.3, -0.25) is 4.57 Å². The van der Waals surface area contributed by atoms with E-state index in [1.165, 1.54) is 12.7 Å². The van der Waals surface area contributed by atoms with Gasteiger partial charge in [0, 0.05) is 0 Å². The average molecular weight is 324 g/mol. The molecule has 0 bridgehead atoms. The molecule has 9 nitrogen and oxygen atoms in total. The van der Waals surface area contributed by atoms with Crippen molar-refractivity contribution < 1.29 is 20.1 Å². The minimum atomic E-state index is -1.34. The van der Waals surface area contributed by atoms with Crippen molar-refractivity contribution in [2.75, 3.05) is 12.3 Å². The summed E-state index contributed by atoms with van der Waals surface area (Å²) in [6, 6.07) is 0. The van der Waals surface area contributed by atoms with Crippen molar-refractivity contribution in [1.82, 2.24) is 19.5 Å². The van der Waals surface area contributed by atoms with E-state index < -0.39 is 39.1 Å². The molecule has 1 aliphatic rings. The SMILES string of the molecule is C[Si](C)[C@@]1(n2cnc3c(N)ncnc32)O[C@H](CO)[C@@H](O)[C@H]1O. The Bertz CT molecular complexity index is 695. The Morgan fingerprint density at radius 2 is 2.09 bits per heavy atom. The lowest BCUT2D eigenvalue weighted by atomic mass is 10.1. The van der Waals surface area contributed by atoms with E-state index in [1.807, 2.05) is 13.1 Å². The number of aromatic nitrogens is 4. The molecule has 1 radical (unpaired) electrons. The van der Waals surface area contributed by atoms with Gasteiger partial charge in [0.1, 0.15) is 39.0 Å². The van der Waals surface area contributed by atoms with Crippen LogP contribution in [0.4, 0.5) is 5.82 Å². The first-order valence-corrected chi connectivity index (χ1v) is 9.33. The van der Waals surface area contributed by atoms with Crippen LogP contribution in [0.25, 0.3) is 11.2 Å². The second kappa shape index (κ2) is 5.24. The van der Waals surface area contributed by atoms with Gasteiger partial charge < -0.3 is 25.8 Å². The number of rotatable bonds is 3. The Labute approximate surface area is 128 Å². The van der Waals surface area contributed by atoms with Gasteiger partial charge in [0.05, 0.1) is 12.9 Å². The molecule has 1 aliphatic heterocycles. The van der Waals surface area contributed by atoms with Crippen LogP contribution >= 0.6 is 0 Å². The molecule has 0 saturated carbocycles. The molecule has 22 heavy (non-hydrogen) atoms. The summed E-state index contributed by atoms with van der Waals surface area (Å²) in [6.07, 6.45) is -0.485. The van der Waals surface area contributed by atoms with Crippen LogP contribution in [0, 0.1) is 0 Å². The van der Waals surface area contributed by atoms with E-state index in [9.17, 15) is 15.3 Å². The van der Waals surface area contributed by atoms with Gasteiger partial charge in [0.25, 0.3) is 0 Å². The standard InChI is InChI=1S/C12H18N5O4Si/c1-22(2)12(9(20)8(19)6(3-18)21-12)17-5-16-7-10(13)14-4-15-11(7)17/h4-6,8-9,18-20H,3H2,1-2H3,(H2,13,14,15)/t6-,8-,9-,12+/m1/s1. The molecule has 1 saturated heterocycles. The molecule has 5 N–H and O–H groups in total. The van der Waals surface area contributed by atoms with E-state index in [0.717, 1.165) is 0 Å². The minimum absolute atomic E-state index is 0.228. The summed E-state index contributed by atoms with van der Waals surface area (Å²) >= 11 is 0. The zero-order valence-corrected chi connectivity index (χ0v) is 13.2. The smallest absolute Gasteiger partial charge is 0.167 e. The Hall–Kier alpha value is -1.59. The highest BCUT2D eigenvalue weighted by molar-refractivity contribution is 6.58. The van der Waals surface area contributed by atoms with Crippen molar-refractivity contribution in [3.63, 3.8) is 0 Å². The second-order valence-corrected chi connectivity index (χ2v) is 8.23. The summed E-state index contributed by atoms with van der Waals surface area (Å²) < 4.78 is 7.49. The number of aliphatic hydroxyl groups is 3. The van der Waals surface area contributed by atoms with Gasteiger partial charge in [0.15, 0.2) is 16.8 Å². The number of nitrogens with zero attached hydrogens (tertiary/aromatic N) is 4. The van der Waals surface area contributed by atoms with Gasteiger partial charge in [0.2, 0.25) is 0 Å². The lowest BCUT2D eigenvalue weighted by Crippen LogP contribution is -2.54. The van der Waals surface area contributed by atoms with Crippen molar-refractivity contribution in [3.05, 3.63) is 12.7 Å². The van der Waals surface area contributed by atoms with Crippen LogP contribution in [0.5, 0.6) is 0 Å². The zero-order valence-electron chi connectivity index (χ0n) is 12.2. The van der Waals surface area contributed by atoms with Crippen LogP contribution < -0.4 is 5.73 Å². The largest absolute Gasteiger partial charge is 0.394 e. The van der Waals surface area contributed by atoms with Crippen LogP contribution in [-0.4, -0.2) is 68.6 Å². The molecule has 3 heterocycles. The maximum absolute atomic E-state index is 10.6. The van der Waals surface area contributed by atoms with E-state index in [4.69, 9.17) is 10.5 Å². The van der Waals surface area contributed by atoms with Crippen molar-refractivity contribution in [2.45, 2.75) is 36.8 Å². The molecule has 0 spiro atoms. The molecule has 1 fully saturated rings. The minimum Gasteiger partial charge on any atom is -0.394 e. The predicted molar refractivity (Wildman–Crippen MR) is 79.2 cm³/mol. The monoisotopic (exact) mass is 324 g/mol. The van der Waals surface area contributed by atoms with Gasteiger partial charge >= 0.3 is 0 Å². The van der Waals surface area contributed by atoms with E-state index in [1.54, 1.807) is 4.57 Å². The maximum atomic E-state index is 10.6. The van der Waals surface area contributed by atoms with E-state index in [0.29, 0.717) is 11.2 Å². The zero-order chi connectivity index (χ0) is 16.1. The Morgan fingerprint density at radius 3 is 2.68 bits per heavy atom. The first-order chi connectivity index (χ1) is 10.4. The quantitative estimate of drug-likeness (QED) is 0.499. The van der Waals surface area contributed by atoms with Crippen LogP contribution in [0.1, 0.15) is 0 Å². The number of imidazole rings is 1. The topological polar surface area (TPSA) is 140 Å². The van der Waals surface area contributed by atoms with Gasteiger partial charge in [-0.2, -0.15) is 0 Å². The summed E-state index contributed by atoms with van der Waals surface area (Å²) in [4.78, 5) is 12.3. The van der Waals surface area contributed by atoms with Gasteiger partial charge in [-0.15, -0.1) is 0 Å². The molecule has 0 amide bonds. The van der Waals surface area contributed by atoms with Crippen LogP contribution in [-0.2, 0) is 10.1 Å². The van der Waals surface area contributed by atoms with Gasteiger partial charge in [-0.05, 0) is 0 Å². The number of nitrogen functional groups attached to an aromatic ring is 1. The molecule has 0 unspecified atom stereocenters. The molecule has 0 aliphatic carbocycles. The summed E-state index contributed by atoms with van der Waals surface area (Å²) in [6.45, 7) is 3.49. The fourth-order valence-electron chi connectivity index (χ4n) is 2.90. The predicted octanol–water partition coefficient (Wildman–Crippen LogP) is -1.53. The number of nitrogens with two attached hydrogens (primary N) is 1. The third kappa shape index (κ3) is 1.88. The van der Waals surface area contributed by atoms with Gasteiger partial charge in [-0.1, -0.05) is 13.1 Å². The van der Waals surface area contributed by atoms with Crippen molar-refractivity contribution >= 4 is 25.8 Å². The summed E-state index contributed by atoms with van der Waals surface area (Å²) in [5.41, 5.74) is 6.62. The van der Waals surface area contributed by atoms with Crippen molar-refractivity contribution in [1.29, 1.82) is 0 Å². The first-order valence-electron chi connectivity index (χ1n) is 6.83.